The van der Waals surface area contributed by atoms with Crippen molar-refractivity contribution < 1.29 is 13.2 Å². The molecule has 0 spiro atoms. The summed E-state index contributed by atoms with van der Waals surface area (Å²) in [5.74, 6) is 0.0278. The topological polar surface area (TPSA) is 108 Å². The standard InChI is InChI=1S/C20H29N5O3S2/c1-4-7-13-25-18-10-9-16(30(27,28)24(5-2)6-3)14-17(18)23-20(25)29-15-19(26)22-12-8-11-21/h9-10,14H,4-8,12-13,15H2,1-3H3,(H,22,26). The number of carbonyl (C=O) groups is 1. The average Bonchev–Trinajstić information content (AvgIpc) is 3.08. The van der Waals surface area contributed by atoms with Crippen molar-refractivity contribution in [3.05, 3.63) is 18.2 Å². The molecule has 8 nitrogen and oxygen atoms in total. The van der Waals surface area contributed by atoms with Gasteiger partial charge in [0.2, 0.25) is 15.9 Å². The highest BCUT2D eigenvalue weighted by molar-refractivity contribution is 7.99. The second-order valence-corrected chi connectivity index (χ2v) is 9.57. The van der Waals surface area contributed by atoms with E-state index in [-0.39, 0.29) is 23.0 Å². The number of sulfonamides is 1. The van der Waals surface area contributed by atoms with Crippen molar-refractivity contribution in [2.24, 2.45) is 0 Å². The number of aromatic nitrogens is 2. The van der Waals surface area contributed by atoms with Crippen LogP contribution in [0.4, 0.5) is 0 Å². The van der Waals surface area contributed by atoms with Crippen LogP contribution >= 0.6 is 11.8 Å². The molecule has 0 radical (unpaired) electrons. The van der Waals surface area contributed by atoms with Gasteiger partial charge >= 0.3 is 0 Å². The van der Waals surface area contributed by atoms with Gasteiger partial charge in [-0.05, 0) is 24.6 Å². The van der Waals surface area contributed by atoms with Gasteiger partial charge < -0.3 is 9.88 Å². The molecule has 1 aromatic heterocycles. The van der Waals surface area contributed by atoms with Crippen molar-refractivity contribution in [1.82, 2.24) is 19.2 Å². The van der Waals surface area contributed by atoms with E-state index in [9.17, 15) is 13.2 Å². The minimum absolute atomic E-state index is 0.158. The van der Waals surface area contributed by atoms with Crippen molar-refractivity contribution in [2.45, 2.75) is 56.6 Å². The first-order valence-electron chi connectivity index (χ1n) is 10.2. The molecule has 0 aliphatic heterocycles. The van der Waals surface area contributed by atoms with Gasteiger partial charge in [-0.3, -0.25) is 4.79 Å². The average molecular weight is 452 g/mol. The molecule has 2 rings (SSSR count). The zero-order chi connectivity index (χ0) is 22.1. The normalized spacial score (nSPS) is 11.7. The minimum atomic E-state index is -3.56. The van der Waals surface area contributed by atoms with Crippen molar-refractivity contribution in [2.75, 3.05) is 25.4 Å². The molecule has 1 N–H and O–H groups in total. The van der Waals surface area contributed by atoms with Gasteiger partial charge in [0.1, 0.15) is 0 Å². The molecule has 10 heteroatoms. The molecule has 1 heterocycles. The molecule has 0 atom stereocenters. The molecule has 164 valence electrons. The Morgan fingerprint density at radius 1 is 1.30 bits per heavy atom. The first-order chi connectivity index (χ1) is 14.4. The van der Waals surface area contributed by atoms with E-state index < -0.39 is 10.0 Å². The summed E-state index contributed by atoms with van der Waals surface area (Å²) in [6.45, 7) is 7.62. The van der Waals surface area contributed by atoms with E-state index in [2.05, 4.69) is 17.2 Å². The Labute approximate surface area is 182 Å². The molecule has 0 fully saturated rings. The fourth-order valence-corrected chi connectivity index (χ4v) is 5.39. The Balaban J connectivity index is 2.33. The lowest BCUT2D eigenvalue weighted by atomic mass is 10.3. The van der Waals surface area contributed by atoms with Crippen LogP contribution in [0.1, 0.15) is 40.0 Å². The van der Waals surface area contributed by atoms with Gasteiger partial charge in [-0.15, -0.1) is 0 Å². The van der Waals surface area contributed by atoms with Gasteiger partial charge in [-0.1, -0.05) is 39.0 Å². The summed E-state index contributed by atoms with van der Waals surface area (Å²) in [6, 6.07) is 7.03. The maximum absolute atomic E-state index is 12.9. The Bertz CT molecular complexity index is 1010. The van der Waals surface area contributed by atoms with Gasteiger partial charge in [-0.2, -0.15) is 9.57 Å². The van der Waals surface area contributed by atoms with E-state index in [0.29, 0.717) is 30.3 Å². The number of thioether (sulfide) groups is 1. The Morgan fingerprint density at radius 2 is 2.03 bits per heavy atom. The number of amides is 1. The number of nitrogens with one attached hydrogen (secondary N) is 1. The van der Waals surface area contributed by atoms with Crippen molar-refractivity contribution in [3.63, 3.8) is 0 Å². The second kappa shape index (κ2) is 11.3. The lowest BCUT2D eigenvalue weighted by Crippen LogP contribution is -2.30. The van der Waals surface area contributed by atoms with Crippen LogP contribution < -0.4 is 5.32 Å². The van der Waals surface area contributed by atoms with Gasteiger partial charge in [0.05, 0.1) is 34.2 Å². The SMILES string of the molecule is CCCCn1c(SCC(=O)NCCC#N)nc2cc(S(=O)(=O)N(CC)CC)ccc21. The number of hydrogen-bond acceptors (Lipinski definition) is 6. The smallest absolute Gasteiger partial charge is 0.243 e. The highest BCUT2D eigenvalue weighted by atomic mass is 32.2. The summed E-state index contributed by atoms with van der Waals surface area (Å²) in [4.78, 5) is 16.9. The highest BCUT2D eigenvalue weighted by Crippen LogP contribution is 2.27. The Morgan fingerprint density at radius 3 is 2.67 bits per heavy atom. The third-order valence-electron chi connectivity index (χ3n) is 4.65. The van der Waals surface area contributed by atoms with Gasteiger partial charge in [0.15, 0.2) is 5.16 Å². The fourth-order valence-electron chi connectivity index (χ4n) is 3.04. The van der Waals surface area contributed by atoms with E-state index in [1.165, 1.54) is 16.1 Å². The number of imidazole rings is 1. The first-order valence-corrected chi connectivity index (χ1v) is 12.6. The predicted molar refractivity (Wildman–Crippen MR) is 119 cm³/mol. The number of carbonyl (C=O) groups excluding carboxylic acids is 1. The molecule has 0 unspecified atom stereocenters. The van der Waals surface area contributed by atoms with Crippen LogP contribution in [0, 0.1) is 11.3 Å². The molecule has 1 amide bonds. The summed E-state index contributed by atoms with van der Waals surface area (Å²) in [5, 5.41) is 12.0. The van der Waals surface area contributed by atoms with E-state index >= 15 is 0 Å². The van der Waals surface area contributed by atoms with E-state index in [1.807, 2.05) is 24.5 Å². The van der Waals surface area contributed by atoms with Gasteiger partial charge in [0, 0.05) is 26.2 Å². The first kappa shape index (κ1) is 24.2. The van der Waals surface area contributed by atoms with E-state index in [0.717, 1.165) is 24.9 Å². The molecule has 0 bridgehead atoms. The number of nitrogens with zero attached hydrogens (tertiary/aromatic N) is 4. The third-order valence-corrected chi connectivity index (χ3v) is 7.68. The van der Waals surface area contributed by atoms with Crippen LogP contribution in [-0.4, -0.2) is 53.6 Å². The maximum Gasteiger partial charge on any atom is 0.243 e. The van der Waals surface area contributed by atoms with E-state index in [4.69, 9.17) is 5.26 Å². The molecule has 2 aromatic rings. The summed E-state index contributed by atoms with van der Waals surface area (Å²) in [5.41, 5.74) is 1.46. The van der Waals surface area contributed by atoms with Crippen molar-refractivity contribution in [3.8, 4) is 6.07 Å². The number of rotatable bonds is 12. The number of benzene rings is 1. The molecular weight excluding hydrogens is 422 g/mol. The van der Waals surface area contributed by atoms with Crippen LogP contribution in [-0.2, 0) is 21.4 Å². The Hall–Kier alpha value is -2.09. The predicted octanol–water partition coefficient (Wildman–Crippen LogP) is 2.99. The quantitative estimate of drug-likeness (QED) is 0.393. The molecule has 0 saturated carbocycles. The van der Waals surface area contributed by atoms with Crippen LogP contribution in [0.5, 0.6) is 0 Å². The monoisotopic (exact) mass is 451 g/mol. The second-order valence-electron chi connectivity index (χ2n) is 6.69. The summed E-state index contributed by atoms with van der Waals surface area (Å²) >= 11 is 1.32. The number of fused-ring (bicyclic) bond motifs is 1. The maximum atomic E-state index is 12.9. The largest absolute Gasteiger partial charge is 0.354 e. The molecule has 0 aliphatic rings. The summed E-state index contributed by atoms with van der Waals surface area (Å²) in [6.07, 6.45) is 2.23. The van der Waals surface area contributed by atoms with Crippen LogP contribution in [0.3, 0.4) is 0 Å². The molecule has 0 saturated heterocycles. The zero-order valence-electron chi connectivity index (χ0n) is 17.7. The number of hydrogen-bond donors (Lipinski definition) is 1. The van der Waals surface area contributed by atoms with Gasteiger partial charge in [0.25, 0.3) is 0 Å². The highest BCUT2D eigenvalue weighted by Gasteiger charge is 2.23. The lowest BCUT2D eigenvalue weighted by Gasteiger charge is -2.18. The number of unbranched alkanes of at least 4 members (excludes halogenated alkanes) is 1. The van der Waals surface area contributed by atoms with E-state index in [1.54, 1.807) is 18.2 Å². The van der Waals surface area contributed by atoms with Crippen LogP contribution in [0.25, 0.3) is 11.0 Å². The summed E-state index contributed by atoms with van der Waals surface area (Å²) < 4.78 is 29.2. The molecule has 30 heavy (non-hydrogen) atoms. The Kier molecular flexibility index (Phi) is 9.14. The fraction of sp³-hybridized carbons (Fsp3) is 0.550. The number of nitriles is 1. The molecular formula is C20H29N5O3S2. The third kappa shape index (κ3) is 5.74. The zero-order valence-corrected chi connectivity index (χ0v) is 19.4. The molecule has 1 aromatic carbocycles. The lowest BCUT2D eigenvalue weighted by molar-refractivity contribution is -0.118. The summed E-state index contributed by atoms with van der Waals surface area (Å²) in [7, 11) is -3.56. The van der Waals surface area contributed by atoms with Crippen LogP contribution in [0.15, 0.2) is 28.3 Å². The number of aryl methyl sites for hydroxylation is 1. The molecule has 0 aliphatic carbocycles. The van der Waals surface area contributed by atoms with Gasteiger partial charge in [-0.25, -0.2) is 13.4 Å². The van der Waals surface area contributed by atoms with Crippen LogP contribution in [0.2, 0.25) is 0 Å². The van der Waals surface area contributed by atoms with Crippen molar-refractivity contribution in [1.29, 1.82) is 5.26 Å². The van der Waals surface area contributed by atoms with Crippen molar-refractivity contribution >= 4 is 38.7 Å². The minimum Gasteiger partial charge on any atom is -0.354 e.